The lowest BCUT2D eigenvalue weighted by atomic mass is 9.93. The van der Waals surface area contributed by atoms with E-state index < -0.39 is 0 Å². The molecule has 0 fully saturated rings. The third-order valence-corrected chi connectivity index (χ3v) is 7.51. The number of aromatic nitrogens is 1. The van der Waals surface area contributed by atoms with Crippen LogP contribution in [0.1, 0.15) is 50.8 Å². The molecule has 0 aliphatic carbocycles. The summed E-state index contributed by atoms with van der Waals surface area (Å²) in [5.41, 5.74) is 7.39. The number of amides is 2. The molecule has 0 saturated heterocycles. The van der Waals surface area contributed by atoms with Gasteiger partial charge in [-0.05, 0) is 71.2 Å². The zero-order chi connectivity index (χ0) is 31.8. The van der Waals surface area contributed by atoms with Crippen molar-refractivity contribution in [2.75, 3.05) is 6.54 Å². The van der Waals surface area contributed by atoms with Gasteiger partial charge in [0, 0.05) is 49.7 Å². The highest BCUT2D eigenvalue weighted by molar-refractivity contribution is 5.98. The van der Waals surface area contributed by atoms with Crippen LogP contribution in [0, 0.1) is 5.82 Å². The fourth-order valence-corrected chi connectivity index (χ4v) is 5.14. The third-order valence-electron chi connectivity index (χ3n) is 7.51. The highest BCUT2D eigenvalue weighted by Gasteiger charge is 2.20. The molecule has 2 heterocycles. The van der Waals surface area contributed by atoms with Gasteiger partial charge in [-0.2, -0.15) is 0 Å². The summed E-state index contributed by atoms with van der Waals surface area (Å²) in [5, 5.41) is 5.84. The van der Waals surface area contributed by atoms with E-state index in [0.717, 1.165) is 39.1 Å². The lowest BCUT2D eigenvalue weighted by Crippen LogP contribution is -2.30. The van der Waals surface area contributed by atoms with E-state index in [4.69, 9.17) is 0 Å². The molecule has 45 heavy (non-hydrogen) atoms. The number of rotatable bonds is 11. The second kappa shape index (κ2) is 14.3. The molecule has 7 heteroatoms. The quantitative estimate of drug-likeness (QED) is 0.201. The summed E-state index contributed by atoms with van der Waals surface area (Å²) in [6.07, 6.45) is 7.52. The fraction of sp³-hybridized carbons (Fsp3) is 0.132. The Morgan fingerprint density at radius 1 is 0.867 bits per heavy atom. The summed E-state index contributed by atoms with van der Waals surface area (Å²) in [4.78, 5) is 32.4. The number of hydrogen-bond donors (Lipinski definition) is 2. The van der Waals surface area contributed by atoms with Crippen LogP contribution in [0.5, 0.6) is 0 Å². The van der Waals surface area contributed by atoms with Crippen molar-refractivity contribution in [2.24, 2.45) is 0 Å². The van der Waals surface area contributed by atoms with Gasteiger partial charge in [0.05, 0.1) is 16.8 Å². The van der Waals surface area contributed by atoms with Crippen LogP contribution in [0.2, 0.25) is 0 Å². The summed E-state index contributed by atoms with van der Waals surface area (Å²) in [5.74, 6) is -0.762. The number of pyridine rings is 1. The van der Waals surface area contributed by atoms with Gasteiger partial charge < -0.3 is 15.5 Å². The van der Waals surface area contributed by atoms with Gasteiger partial charge in [-0.3, -0.25) is 14.6 Å². The Morgan fingerprint density at radius 2 is 1.62 bits per heavy atom. The maximum absolute atomic E-state index is 13.7. The normalized spacial score (nSPS) is 12.4. The zero-order valence-corrected chi connectivity index (χ0v) is 25.2. The van der Waals surface area contributed by atoms with E-state index in [1.807, 2.05) is 84.8 Å². The first-order chi connectivity index (χ1) is 21.8. The Labute approximate surface area is 263 Å². The summed E-state index contributed by atoms with van der Waals surface area (Å²) in [6, 6.07) is 26.0. The van der Waals surface area contributed by atoms with Gasteiger partial charge >= 0.3 is 0 Å². The van der Waals surface area contributed by atoms with Gasteiger partial charge in [0.25, 0.3) is 11.8 Å². The number of halogens is 1. The number of carbonyl (C=O) groups excluding carboxylic acids is 2. The number of benzene rings is 3. The largest absolute Gasteiger partial charge is 0.352 e. The molecule has 4 aromatic rings. The van der Waals surface area contributed by atoms with Crippen LogP contribution in [-0.4, -0.2) is 28.2 Å². The van der Waals surface area contributed by atoms with E-state index >= 15 is 0 Å². The van der Waals surface area contributed by atoms with Crippen LogP contribution in [0.25, 0.3) is 5.57 Å². The number of allylic oxidation sites excluding steroid dienone is 2. The average Bonchev–Trinajstić information content (AvgIpc) is 3.05. The van der Waals surface area contributed by atoms with Crippen molar-refractivity contribution in [3.8, 4) is 0 Å². The zero-order valence-electron chi connectivity index (χ0n) is 25.2. The number of hydrogen-bond acceptors (Lipinski definition) is 4. The van der Waals surface area contributed by atoms with Crippen LogP contribution in [0.3, 0.4) is 0 Å². The molecular weight excluding hydrogens is 563 g/mol. The Morgan fingerprint density at radius 3 is 2.40 bits per heavy atom. The van der Waals surface area contributed by atoms with Crippen LogP contribution >= 0.6 is 0 Å². The second-order valence-electron chi connectivity index (χ2n) is 10.7. The molecule has 5 rings (SSSR count). The van der Waals surface area contributed by atoms with Gasteiger partial charge in [-0.15, -0.1) is 0 Å². The van der Waals surface area contributed by atoms with Crippen molar-refractivity contribution >= 4 is 17.4 Å². The predicted molar refractivity (Wildman–Crippen MR) is 176 cm³/mol. The Kier molecular flexibility index (Phi) is 9.80. The van der Waals surface area contributed by atoms with E-state index in [-0.39, 0.29) is 24.2 Å². The first-order valence-corrected chi connectivity index (χ1v) is 14.8. The Hall–Kier alpha value is -5.56. The van der Waals surface area contributed by atoms with Gasteiger partial charge in [-0.25, -0.2) is 4.39 Å². The van der Waals surface area contributed by atoms with Crippen LogP contribution in [0.4, 0.5) is 4.39 Å². The molecule has 0 unspecified atom stereocenters. The van der Waals surface area contributed by atoms with E-state index in [9.17, 15) is 14.0 Å². The fourth-order valence-electron chi connectivity index (χ4n) is 5.14. The molecule has 0 bridgehead atoms. The van der Waals surface area contributed by atoms with E-state index in [2.05, 4.69) is 28.8 Å². The van der Waals surface area contributed by atoms with Crippen molar-refractivity contribution in [1.29, 1.82) is 0 Å². The summed E-state index contributed by atoms with van der Waals surface area (Å²) in [7, 11) is 0. The first kappa shape index (κ1) is 30.9. The topological polar surface area (TPSA) is 74.3 Å². The molecule has 1 aromatic heterocycles. The van der Waals surface area contributed by atoms with E-state index in [0.29, 0.717) is 36.3 Å². The van der Waals surface area contributed by atoms with Gasteiger partial charge in [-0.1, -0.05) is 73.8 Å². The summed E-state index contributed by atoms with van der Waals surface area (Å²) < 4.78 is 13.7. The van der Waals surface area contributed by atoms with Crippen molar-refractivity contribution in [1.82, 2.24) is 20.5 Å². The Balaban J connectivity index is 1.31. The number of nitrogens with zero attached hydrogens (tertiary/aromatic N) is 2. The maximum atomic E-state index is 13.7. The minimum atomic E-state index is -0.309. The molecule has 6 nitrogen and oxygen atoms in total. The van der Waals surface area contributed by atoms with Crippen molar-refractivity contribution in [2.45, 2.75) is 26.4 Å². The molecule has 1 aliphatic rings. The van der Waals surface area contributed by atoms with Crippen LogP contribution in [0.15, 0.2) is 134 Å². The highest BCUT2D eigenvalue weighted by atomic mass is 19.1. The molecule has 0 atom stereocenters. The summed E-state index contributed by atoms with van der Waals surface area (Å²) in [6.45, 7) is 11.6. The van der Waals surface area contributed by atoms with Gasteiger partial charge in [0.1, 0.15) is 5.82 Å². The molecule has 1 aliphatic heterocycles. The minimum absolute atomic E-state index is 0.190. The third kappa shape index (κ3) is 7.70. The van der Waals surface area contributed by atoms with Crippen LogP contribution in [-0.2, 0) is 24.3 Å². The molecule has 2 amide bonds. The molecule has 2 N–H and O–H groups in total. The summed E-state index contributed by atoms with van der Waals surface area (Å²) >= 11 is 0. The van der Waals surface area contributed by atoms with Gasteiger partial charge in [0.2, 0.25) is 0 Å². The van der Waals surface area contributed by atoms with Crippen molar-refractivity contribution in [3.05, 3.63) is 179 Å². The molecule has 0 radical (unpaired) electrons. The molecule has 0 spiro atoms. The Bertz CT molecular complexity index is 1810. The van der Waals surface area contributed by atoms with Crippen molar-refractivity contribution < 1.29 is 14.0 Å². The lowest BCUT2D eigenvalue weighted by Gasteiger charge is -2.27. The van der Waals surface area contributed by atoms with Crippen molar-refractivity contribution in [3.63, 3.8) is 0 Å². The molecule has 3 aromatic carbocycles. The lowest BCUT2D eigenvalue weighted by molar-refractivity contribution is -0.117. The highest BCUT2D eigenvalue weighted by Crippen LogP contribution is 2.28. The minimum Gasteiger partial charge on any atom is -0.352 e. The van der Waals surface area contributed by atoms with E-state index in [1.54, 1.807) is 24.4 Å². The standard InChI is InChI=1S/C38H35FN4O2/c1-4-40-37(44)32-22-35(36(41-24-32)21-28-11-6-5-7-12-28)26(2)31-15-8-13-29(19-31)23-42-38(45)34-17-10-18-43(27(34)3)25-30-14-9-16-33(39)20-30/h5-20,22,24H,2-4,21,23,25H2,1H3,(H,40,44)(H,42,45). The molecular formula is C38H35FN4O2. The first-order valence-electron chi connectivity index (χ1n) is 14.8. The second-order valence-corrected chi connectivity index (χ2v) is 10.7. The number of nitrogens with one attached hydrogen (secondary N) is 2. The average molecular weight is 599 g/mol. The predicted octanol–water partition coefficient (Wildman–Crippen LogP) is 6.71. The van der Waals surface area contributed by atoms with E-state index in [1.165, 1.54) is 12.1 Å². The maximum Gasteiger partial charge on any atom is 0.253 e. The SMILES string of the molecule is C=C(c1cccc(CNC(=O)C2=CC=CN(Cc3cccc(F)c3)C2=C)c1)c1cc(C(=O)NCC)cnc1Cc1ccccc1. The molecule has 0 saturated carbocycles. The monoisotopic (exact) mass is 598 g/mol. The smallest absolute Gasteiger partial charge is 0.253 e. The molecule has 226 valence electrons. The van der Waals surface area contributed by atoms with Gasteiger partial charge in [0.15, 0.2) is 0 Å². The number of carbonyl (C=O) groups is 2. The van der Waals surface area contributed by atoms with Crippen LogP contribution < -0.4 is 10.6 Å².